The molecule has 1 fully saturated rings. The molecule has 1 aliphatic rings. The van der Waals surface area contributed by atoms with Crippen LogP contribution in [0.5, 0.6) is 0 Å². The van der Waals surface area contributed by atoms with Gasteiger partial charge in [0.2, 0.25) is 41.4 Å². The zero-order valence-corrected chi connectivity index (χ0v) is 44.6. The number of ether oxygens (including phenoxy) is 1. The molecule has 0 aromatic heterocycles. The van der Waals surface area contributed by atoms with Crippen LogP contribution < -0.4 is 37.2 Å². The highest BCUT2D eigenvalue weighted by Gasteiger charge is 2.38. The van der Waals surface area contributed by atoms with E-state index < -0.39 is 139 Å². The summed E-state index contributed by atoms with van der Waals surface area (Å²) in [5, 5.41) is 37.9. The van der Waals surface area contributed by atoms with E-state index in [-0.39, 0.29) is 49.9 Å². The highest BCUT2D eigenvalue weighted by molar-refractivity contribution is 5.98. The van der Waals surface area contributed by atoms with E-state index in [9.17, 15) is 58.2 Å². The first-order chi connectivity index (χ1) is 33.2. The van der Waals surface area contributed by atoms with Crippen LogP contribution in [0.3, 0.4) is 0 Å². The number of carboxylic acids is 2. The van der Waals surface area contributed by atoms with E-state index in [4.69, 9.17) is 4.74 Å². The van der Waals surface area contributed by atoms with Crippen LogP contribution in [-0.2, 0) is 52.7 Å². The van der Waals surface area contributed by atoms with Gasteiger partial charge in [-0.3, -0.25) is 43.2 Å². The summed E-state index contributed by atoms with van der Waals surface area (Å²) < 4.78 is 6.04. The van der Waals surface area contributed by atoms with Gasteiger partial charge in [-0.15, -0.1) is 0 Å². The van der Waals surface area contributed by atoms with Crippen molar-refractivity contribution in [1.29, 1.82) is 0 Å². The Bertz CT molecular complexity index is 1770. The van der Waals surface area contributed by atoms with Gasteiger partial charge in [-0.05, 0) is 74.0 Å². The molecule has 9 N–H and O–H groups in total. The monoisotopic (exact) mass is 1010 g/mol. The van der Waals surface area contributed by atoms with Crippen LogP contribution in [0.4, 0.5) is 0 Å². The van der Waals surface area contributed by atoms with Crippen molar-refractivity contribution in [1.82, 2.24) is 37.2 Å². The topological polar surface area (TPSA) is 305 Å². The Morgan fingerprint density at radius 3 is 1.42 bits per heavy atom. The fourth-order valence-electron chi connectivity index (χ4n) is 8.14. The second-order valence-corrected chi connectivity index (χ2v) is 21.2. The van der Waals surface area contributed by atoms with Crippen molar-refractivity contribution in [2.45, 2.75) is 228 Å². The molecule has 10 atom stereocenters. The molecule has 1 aliphatic heterocycles. The number of unbranched alkanes of at least 4 members (excludes halogenated alkanes) is 3. The van der Waals surface area contributed by atoms with Gasteiger partial charge < -0.3 is 52.2 Å². The van der Waals surface area contributed by atoms with Gasteiger partial charge in [-0.25, -0.2) is 4.79 Å². The van der Waals surface area contributed by atoms with Gasteiger partial charge in [0.1, 0.15) is 48.4 Å². The molecule has 7 amide bonds. The number of carbonyl (C=O) groups is 10. The molecule has 1 saturated heterocycles. The quantitative estimate of drug-likeness (QED) is 0.0542. The van der Waals surface area contributed by atoms with E-state index in [1.165, 1.54) is 0 Å². The van der Waals surface area contributed by atoms with Crippen molar-refractivity contribution in [3.8, 4) is 0 Å². The summed E-state index contributed by atoms with van der Waals surface area (Å²) in [7, 11) is 0. The number of cyclic esters (lactones) is 1. The molecule has 1 heterocycles. The highest BCUT2D eigenvalue weighted by atomic mass is 16.5. The first-order valence-corrected chi connectivity index (χ1v) is 25.9. The first-order valence-electron chi connectivity index (χ1n) is 25.9. The van der Waals surface area contributed by atoms with Crippen LogP contribution in [0.15, 0.2) is 0 Å². The van der Waals surface area contributed by atoms with Crippen LogP contribution in [0.2, 0.25) is 0 Å². The lowest BCUT2D eigenvalue weighted by atomic mass is 9.96. The zero-order valence-electron chi connectivity index (χ0n) is 44.6. The lowest BCUT2D eigenvalue weighted by molar-refractivity contribution is -0.156. The summed E-state index contributed by atoms with van der Waals surface area (Å²) in [6.45, 7) is 21.8. The molecule has 71 heavy (non-hydrogen) atoms. The Morgan fingerprint density at radius 1 is 0.521 bits per heavy atom. The van der Waals surface area contributed by atoms with Crippen molar-refractivity contribution in [2.24, 2.45) is 35.5 Å². The number of rotatable bonds is 22. The minimum absolute atomic E-state index is 0.0374. The van der Waals surface area contributed by atoms with Gasteiger partial charge in [0.15, 0.2) is 0 Å². The molecule has 406 valence electrons. The van der Waals surface area contributed by atoms with Crippen LogP contribution >= 0.6 is 0 Å². The van der Waals surface area contributed by atoms with Crippen LogP contribution in [0, 0.1) is 35.5 Å². The smallest absolute Gasteiger partial charge is 0.329 e. The molecule has 0 saturated carbocycles. The second-order valence-electron chi connectivity index (χ2n) is 21.2. The van der Waals surface area contributed by atoms with Crippen molar-refractivity contribution in [2.75, 3.05) is 0 Å². The fourth-order valence-corrected chi connectivity index (χ4v) is 8.14. The molecule has 20 nitrogen and oxygen atoms in total. The van der Waals surface area contributed by atoms with E-state index in [0.29, 0.717) is 18.8 Å². The maximum Gasteiger partial charge on any atom is 0.329 e. The molecule has 0 aromatic carbocycles. The summed E-state index contributed by atoms with van der Waals surface area (Å²) >= 11 is 0. The summed E-state index contributed by atoms with van der Waals surface area (Å²) in [5.74, 6) is -10.6. The Morgan fingerprint density at radius 2 is 0.972 bits per heavy atom. The Kier molecular flexibility index (Phi) is 29.3. The van der Waals surface area contributed by atoms with E-state index in [1.54, 1.807) is 69.2 Å². The molecule has 5 unspecified atom stereocenters. The minimum Gasteiger partial charge on any atom is -0.481 e. The molecule has 0 bridgehead atoms. The number of hydrogen-bond acceptors (Lipinski definition) is 11. The Labute approximate surface area is 421 Å². The number of nitrogens with one attached hydrogen (secondary N) is 7. The van der Waals surface area contributed by atoms with E-state index in [2.05, 4.69) is 51.1 Å². The summed E-state index contributed by atoms with van der Waals surface area (Å²) in [6, 6.07) is -9.66. The number of amides is 7. The second kappa shape index (κ2) is 32.6. The number of carbonyl (C=O) groups excluding carboxylic acids is 8. The van der Waals surface area contributed by atoms with Crippen molar-refractivity contribution < 1.29 is 62.9 Å². The molecular formula is C51H89N7O13. The van der Waals surface area contributed by atoms with Crippen LogP contribution in [-0.4, -0.2) is 118 Å². The highest BCUT2D eigenvalue weighted by Crippen LogP contribution is 2.20. The standard InChI is InChI=1S/C51H89N7O13/c1-13-32(11)19-17-15-16-18-20-34-26-40(59)52-35(21-22-41(60)61)45(64)53-36(23-28(3)4)46(65)54-37(24-29(5)6)48(67)57-43(31(9)10)50(69)56-39(27-42(62)63)47(66)55-38(25-30(7)8)49(68)58-44(33(12)14-2)51(70)71-34/h28-39,43-44H,13-27H2,1-12H3,(H,52,59)(H,53,64)(H,54,65)(H,55,66)(H,56,69)(H,57,67)(H,58,68)(H,60,61)(H,62,63)/t32?,33-,34?,35-,36?,37+,38+,39?,43-,44?/m0/s1. The van der Waals surface area contributed by atoms with Gasteiger partial charge >= 0.3 is 17.9 Å². The number of esters is 1. The molecule has 1 rings (SSSR count). The van der Waals surface area contributed by atoms with E-state index in [0.717, 1.165) is 32.1 Å². The Balaban J connectivity index is 4.02. The maximum absolute atomic E-state index is 14.2. The lowest BCUT2D eigenvalue weighted by Gasteiger charge is -2.30. The largest absolute Gasteiger partial charge is 0.481 e. The number of aliphatic carboxylic acids is 2. The van der Waals surface area contributed by atoms with Gasteiger partial charge in [0.05, 0.1) is 12.8 Å². The molecular weight excluding hydrogens is 919 g/mol. The number of hydrogen-bond donors (Lipinski definition) is 9. The lowest BCUT2D eigenvalue weighted by Crippen LogP contribution is -2.61. The predicted molar refractivity (Wildman–Crippen MR) is 267 cm³/mol. The summed E-state index contributed by atoms with van der Waals surface area (Å²) in [5.41, 5.74) is 0. The van der Waals surface area contributed by atoms with E-state index >= 15 is 0 Å². The maximum atomic E-state index is 14.2. The number of carboxylic acid groups (broad SMARTS) is 2. The molecule has 0 radical (unpaired) electrons. The minimum atomic E-state index is -1.72. The Hall–Kier alpha value is -5.30. The van der Waals surface area contributed by atoms with Gasteiger partial charge in [0.25, 0.3) is 0 Å². The van der Waals surface area contributed by atoms with Crippen LogP contribution in [0.25, 0.3) is 0 Å². The molecule has 0 spiro atoms. The average Bonchev–Trinajstić information content (AvgIpc) is 3.26. The van der Waals surface area contributed by atoms with Crippen molar-refractivity contribution >= 4 is 59.3 Å². The molecule has 20 heteroatoms. The third-order valence-electron chi connectivity index (χ3n) is 12.7. The summed E-state index contributed by atoms with van der Waals surface area (Å²) in [4.78, 5) is 137. The van der Waals surface area contributed by atoms with Crippen molar-refractivity contribution in [3.63, 3.8) is 0 Å². The van der Waals surface area contributed by atoms with Gasteiger partial charge in [0, 0.05) is 6.42 Å². The third-order valence-corrected chi connectivity index (χ3v) is 12.7. The molecule has 0 aliphatic carbocycles. The zero-order chi connectivity index (χ0) is 54.1. The van der Waals surface area contributed by atoms with Gasteiger partial charge in [-0.1, -0.05) is 122 Å². The summed E-state index contributed by atoms with van der Waals surface area (Å²) in [6.07, 6.45) is 2.85. The third kappa shape index (κ3) is 25.1. The predicted octanol–water partition coefficient (Wildman–Crippen LogP) is 4.26. The van der Waals surface area contributed by atoms with Crippen molar-refractivity contribution in [3.05, 3.63) is 0 Å². The van der Waals surface area contributed by atoms with Crippen LogP contribution in [0.1, 0.15) is 179 Å². The normalized spacial score (nSPS) is 25.1. The first kappa shape index (κ1) is 63.7. The van der Waals surface area contributed by atoms with E-state index in [1.807, 2.05) is 0 Å². The van der Waals surface area contributed by atoms with Gasteiger partial charge in [-0.2, -0.15) is 0 Å². The SMILES string of the molecule is CCC(C)CCCCCCC1CC(=O)N[C@@H](CCC(=O)O)C(=O)NC(CC(C)C)C(=O)N[C@H](CC(C)C)C(=O)N[C@@H](C(C)C)C(=O)NC(CC(=O)O)C(=O)N[C@H](CC(C)C)C(=O)NC([C@@H](C)CC)C(=O)O1. The molecule has 0 aromatic rings. The fraction of sp³-hybridized carbons (Fsp3) is 0.804. The average molecular weight is 1010 g/mol.